The van der Waals surface area contributed by atoms with E-state index in [1.165, 1.54) is 24.3 Å². The fraction of sp³-hybridized carbons (Fsp3) is 0.111. The normalized spacial score (nSPS) is 15.5. The first-order valence-electron chi connectivity index (χ1n) is 8.59. The van der Waals surface area contributed by atoms with Crippen molar-refractivity contribution in [2.45, 2.75) is 0 Å². The number of nitrogens with two attached hydrogens (primary N) is 1. The zero-order valence-corrected chi connectivity index (χ0v) is 15.4. The van der Waals surface area contributed by atoms with Crippen LogP contribution in [0.4, 0.5) is 32.3 Å². The Kier molecular flexibility index (Phi) is 5.58. The molecule has 0 radical (unpaired) electrons. The van der Waals surface area contributed by atoms with Gasteiger partial charge in [-0.05, 0) is 36.4 Å². The molecule has 30 heavy (non-hydrogen) atoms. The molecule has 2 aromatic rings. The zero-order chi connectivity index (χ0) is 21.8. The first kappa shape index (κ1) is 20.3. The van der Waals surface area contributed by atoms with Crippen LogP contribution in [0.25, 0.3) is 0 Å². The first-order chi connectivity index (χ1) is 14.3. The average molecular weight is 412 g/mol. The highest BCUT2D eigenvalue weighted by Gasteiger charge is 2.30. The number of nitrogens with one attached hydrogen (secondary N) is 2. The van der Waals surface area contributed by atoms with E-state index in [0.717, 1.165) is 9.80 Å². The number of imide groups is 2. The lowest BCUT2D eigenvalue weighted by Crippen LogP contribution is -2.30. The molecule has 0 spiro atoms. The smallest absolute Gasteiger partial charge is 0.329 e. The molecule has 0 bridgehead atoms. The van der Waals surface area contributed by atoms with E-state index in [-0.39, 0.29) is 36.6 Å². The minimum absolute atomic E-state index is 0.0458. The van der Waals surface area contributed by atoms with Crippen LogP contribution in [-0.2, 0) is 9.59 Å². The predicted molar refractivity (Wildman–Crippen MR) is 106 cm³/mol. The van der Waals surface area contributed by atoms with E-state index in [1.807, 2.05) is 0 Å². The van der Waals surface area contributed by atoms with Crippen molar-refractivity contribution in [3.63, 3.8) is 0 Å². The molecular weight excluding hydrogens is 396 g/mol. The van der Waals surface area contributed by atoms with E-state index < -0.39 is 11.0 Å². The van der Waals surface area contributed by atoms with Gasteiger partial charge >= 0.3 is 12.1 Å². The fourth-order valence-corrected chi connectivity index (χ4v) is 2.71. The van der Waals surface area contributed by atoms with Gasteiger partial charge in [0.2, 0.25) is 0 Å². The third kappa shape index (κ3) is 4.16. The van der Waals surface area contributed by atoms with Crippen LogP contribution in [0.3, 0.4) is 0 Å². The summed E-state index contributed by atoms with van der Waals surface area (Å²) in [5.74, 6) is -0.626. The lowest BCUT2D eigenvalue weighted by molar-refractivity contribution is -0.384. The topological polar surface area (TPSA) is 168 Å². The van der Waals surface area contributed by atoms with Crippen LogP contribution in [0.5, 0.6) is 0 Å². The highest BCUT2D eigenvalue weighted by molar-refractivity contribution is 6.20. The monoisotopic (exact) mass is 412 g/mol. The van der Waals surface area contributed by atoms with E-state index >= 15 is 0 Å². The van der Waals surface area contributed by atoms with Gasteiger partial charge in [0, 0.05) is 17.8 Å². The number of non-ortho nitro benzene ring substituents is 1. The summed E-state index contributed by atoms with van der Waals surface area (Å²) in [6, 6.07) is 10.9. The number of hydrogen-bond acceptors (Lipinski definition) is 7. The Bertz CT molecular complexity index is 988. The number of hydrogen-bond donors (Lipinski definition) is 3. The van der Waals surface area contributed by atoms with Gasteiger partial charge in [0.05, 0.1) is 29.4 Å². The summed E-state index contributed by atoms with van der Waals surface area (Å²) < 4.78 is 0. The maximum atomic E-state index is 11.3. The van der Waals surface area contributed by atoms with Crippen molar-refractivity contribution >= 4 is 46.6 Å². The van der Waals surface area contributed by atoms with Crippen molar-refractivity contribution in [1.29, 1.82) is 0 Å². The molecule has 4 N–H and O–H groups in total. The van der Waals surface area contributed by atoms with Crippen LogP contribution < -0.4 is 26.2 Å². The summed E-state index contributed by atoms with van der Waals surface area (Å²) in [5.41, 5.74) is 6.87. The van der Waals surface area contributed by atoms with E-state index in [2.05, 4.69) is 10.6 Å². The standard InChI is InChI=1S/C9H7N3O4.C9H9N3O2/c13-8-5-10-9(14)11(8)6-1-3-7(4-2-6)12(15)16;10-6-1-3-7(4-2-6)12-8(13)5-11-9(12)14/h1-4H,5H2,(H,10,14);1-4H,5,10H2,(H,11,14). The third-order valence-electron chi connectivity index (χ3n) is 4.16. The van der Waals surface area contributed by atoms with E-state index in [9.17, 15) is 29.3 Å². The van der Waals surface area contributed by atoms with E-state index in [4.69, 9.17) is 5.73 Å². The van der Waals surface area contributed by atoms with Crippen molar-refractivity contribution < 1.29 is 24.1 Å². The Morgan fingerprint density at radius 1 is 0.767 bits per heavy atom. The van der Waals surface area contributed by atoms with Crippen molar-refractivity contribution in [1.82, 2.24) is 10.6 Å². The van der Waals surface area contributed by atoms with Gasteiger partial charge in [0.1, 0.15) is 0 Å². The summed E-state index contributed by atoms with van der Waals surface area (Å²) in [4.78, 5) is 57.0. The van der Waals surface area contributed by atoms with Crippen LogP contribution in [0.1, 0.15) is 0 Å². The zero-order valence-electron chi connectivity index (χ0n) is 15.4. The number of nitrogen functional groups attached to an aromatic ring is 1. The summed E-state index contributed by atoms with van der Waals surface area (Å²) in [7, 11) is 0. The van der Waals surface area contributed by atoms with Crippen LogP contribution in [0.2, 0.25) is 0 Å². The number of anilines is 3. The Morgan fingerprint density at radius 2 is 1.17 bits per heavy atom. The van der Waals surface area contributed by atoms with Crippen molar-refractivity contribution in [2.75, 3.05) is 28.6 Å². The Balaban J connectivity index is 0.000000172. The molecule has 12 nitrogen and oxygen atoms in total. The number of carbonyl (C=O) groups is 4. The Hall–Kier alpha value is -4.48. The molecule has 0 aliphatic carbocycles. The largest absolute Gasteiger partial charge is 0.399 e. The number of nitro benzene ring substituents is 1. The predicted octanol–water partition coefficient (Wildman–Crippen LogP) is 0.976. The summed E-state index contributed by atoms with van der Waals surface area (Å²) in [6.07, 6.45) is 0. The molecule has 0 aromatic heterocycles. The number of amides is 6. The van der Waals surface area contributed by atoms with Crippen LogP contribution >= 0.6 is 0 Å². The second-order valence-corrected chi connectivity index (χ2v) is 6.14. The number of nitrogens with zero attached hydrogens (tertiary/aromatic N) is 3. The van der Waals surface area contributed by atoms with Gasteiger partial charge in [0.25, 0.3) is 17.5 Å². The molecule has 0 saturated carbocycles. The number of rotatable bonds is 3. The molecule has 2 heterocycles. The highest BCUT2D eigenvalue weighted by atomic mass is 16.6. The number of nitro groups is 1. The summed E-state index contributed by atoms with van der Waals surface area (Å²) in [5, 5.41) is 15.2. The molecule has 2 aliphatic heterocycles. The van der Waals surface area contributed by atoms with Crippen molar-refractivity contribution in [2.24, 2.45) is 0 Å². The van der Waals surface area contributed by atoms with Gasteiger partial charge in [-0.3, -0.25) is 19.7 Å². The van der Waals surface area contributed by atoms with Crippen molar-refractivity contribution in [3.05, 3.63) is 58.6 Å². The molecule has 12 heteroatoms. The van der Waals surface area contributed by atoms with Crippen LogP contribution in [0.15, 0.2) is 48.5 Å². The van der Waals surface area contributed by atoms with Crippen molar-refractivity contribution in [3.8, 4) is 0 Å². The fourth-order valence-electron chi connectivity index (χ4n) is 2.71. The lowest BCUT2D eigenvalue weighted by atomic mass is 10.2. The Labute approximate surface area is 169 Å². The third-order valence-corrected chi connectivity index (χ3v) is 4.16. The van der Waals surface area contributed by atoms with Gasteiger partial charge in [-0.1, -0.05) is 0 Å². The molecular formula is C18H16N6O6. The van der Waals surface area contributed by atoms with Gasteiger partial charge in [-0.15, -0.1) is 0 Å². The molecule has 2 aromatic carbocycles. The lowest BCUT2D eigenvalue weighted by Gasteiger charge is -2.11. The van der Waals surface area contributed by atoms with E-state index in [1.54, 1.807) is 24.3 Å². The summed E-state index contributed by atoms with van der Waals surface area (Å²) in [6.45, 7) is 0.0129. The second-order valence-electron chi connectivity index (χ2n) is 6.14. The number of benzene rings is 2. The second kappa shape index (κ2) is 8.26. The molecule has 6 amide bonds. The van der Waals surface area contributed by atoms with Gasteiger partial charge in [0.15, 0.2) is 0 Å². The molecule has 154 valence electrons. The first-order valence-corrected chi connectivity index (χ1v) is 8.59. The van der Waals surface area contributed by atoms with Crippen LogP contribution in [-0.4, -0.2) is 41.9 Å². The quantitative estimate of drug-likeness (QED) is 0.292. The average Bonchev–Trinajstić information content (AvgIpc) is 3.24. The maximum Gasteiger partial charge on any atom is 0.329 e. The SMILES string of the molecule is Nc1ccc(N2C(=O)CNC2=O)cc1.O=C1CNC(=O)N1c1ccc([N+](=O)[O-])cc1. The van der Waals surface area contributed by atoms with E-state index in [0.29, 0.717) is 17.1 Å². The van der Waals surface area contributed by atoms with Gasteiger partial charge in [-0.25, -0.2) is 19.4 Å². The molecule has 2 saturated heterocycles. The molecule has 2 fully saturated rings. The van der Waals surface area contributed by atoms with Crippen LogP contribution in [0, 0.1) is 10.1 Å². The molecule has 2 aliphatic rings. The van der Waals surface area contributed by atoms with Gasteiger partial charge in [-0.2, -0.15) is 0 Å². The minimum Gasteiger partial charge on any atom is -0.399 e. The minimum atomic E-state index is -0.546. The molecule has 0 atom stereocenters. The number of urea groups is 2. The summed E-state index contributed by atoms with van der Waals surface area (Å²) >= 11 is 0. The molecule has 0 unspecified atom stereocenters. The number of carbonyl (C=O) groups excluding carboxylic acids is 4. The maximum absolute atomic E-state index is 11.3. The highest BCUT2D eigenvalue weighted by Crippen LogP contribution is 2.21. The Morgan fingerprint density at radius 3 is 1.50 bits per heavy atom. The van der Waals surface area contributed by atoms with Gasteiger partial charge < -0.3 is 16.4 Å². The molecule has 4 rings (SSSR count).